The van der Waals surface area contributed by atoms with Gasteiger partial charge in [0.25, 0.3) is 5.91 Å². The maximum atomic E-state index is 12.5. The highest BCUT2D eigenvalue weighted by Gasteiger charge is 2.26. The van der Waals surface area contributed by atoms with Crippen LogP contribution < -0.4 is 10.1 Å². The van der Waals surface area contributed by atoms with Gasteiger partial charge in [-0.05, 0) is 38.1 Å². The first-order valence-electron chi connectivity index (χ1n) is 9.11. The van der Waals surface area contributed by atoms with Gasteiger partial charge in [-0.25, -0.2) is 0 Å². The van der Waals surface area contributed by atoms with Crippen LogP contribution in [0.1, 0.15) is 24.5 Å². The number of amides is 1. The summed E-state index contributed by atoms with van der Waals surface area (Å²) >= 11 is 6.10. The van der Waals surface area contributed by atoms with E-state index in [4.69, 9.17) is 25.5 Å². The molecule has 2 atom stereocenters. The first-order chi connectivity index (χ1) is 13.0. The number of halogens is 1. The lowest BCUT2D eigenvalue weighted by Crippen LogP contribution is -2.45. The van der Waals surface area contributed by atoms with E-state index in [0.29, 0.717) is 30.5 Å². The summed E-state index contributed by atoms with van der Waals surface area (Å²) in [6.45, 7) is 7.00. The highest BCUT2D eigenvalue weighted by molar-refractivity contribution is 6.32. The molecule has 1 saturated heterocycles. The van der Waals surface area contributed by atoms with Crippen LogP contribution in [0.3, 0.4) is 0 Å². The van der Waals surface area contributed by atoms with E-state index in [1.807, 2.05) is 31.2 Å². The second kappa shape index (κ2) is 9.26. The predicted octanol–water partition coefficient (Wildman–Crippen LogP) is 3.20. The molecule has 1 N–H and O–H groups in total. The minimum absolute atomic E-state index is 0.0425. The van der Waals surface area contributed by atoms with Gasteiger partial charge >= 0.3 is 0 Å². The number of para-hydroxylation sites is 1. The second-order valence-corrected chi connectivity index (χ2v) is 6.96. The zero-order valence-electron chi connectivity index (χ0n) is 15.6. The zero-order chi connectivity index (χ0) is 19.2. The fourth-order valence-electron chi connectivity index (χ4n) is 3.06. The van der Waals surface area contributed by atoms with Crippen molar-refractivity contribution in [1.29, 1.82) is 0 Å². The third kappa shape index (κ3) is 5.25. The average Bonchev–Trinajstić information content (AvgIpc) is 3.10. The summed E-state index contributed by atoms with van der Waals surface area (Å²) in [6, 6.07) is 11.0. The summed E-state index contributed by atoms with van der Waals surface area (Å²) in [7, 11) is 0. The van der Waals surface area contributed by atoms with Crippen LogP contribution in [-0.4, -0.2) is 49.8 Å². The minimum atomic E-state index is -0.659. The van der Waals surface area contributed by atoms with Crippen molar-refractivity contribution in [1.82, 2.24) is 10.2 Å². The summed E-state index contributed by atoms with van der Waals surface area (Å²) in [4.78, 5) is 14.8. The van der Waals surface area contributed by atoms with Crippen LogP contribution in [0.15, 0.2) is 40.8 Å². The Morgan fingerprint density at radius 1 is 1.26 bits per heavy atom. The Labute approximate surface area is 164 Å². The normalized spacial score (nSPS) is 17.3. The molecule has 0 unspecified atom stereocenters. The monoisotopic (exact) mass is 392 g/mol. The highest BCUT2D eigenvalue weighted by Crippen LogP contribution is 2.25. The molecule has 1 aliphatic heterocycles. The van der Waals surface area contributed by atoms with Crippen molar-refractivity contribution in [3.8, 4) is 5.75 Å². The summed E-state index contributed by atoms with van der Waals surface area (Å²) in [5.41, 5.74) is 0. The fraction of sp³-hybridized carbons (Fsp3) is 0.450. The van der Waals surface area contributed by atoms with E-state index < -0.39 is 6.10 Å². The first kappa shape index (κ1) is 19.7. The lowest BCUT2D eigenvalue weighted by Gasteiger charge is -2.33. The number of rotatable bonds is 7. The number of nitrogens with one attached hydrogen (secondary N) is 1. The molecule has 0 saturated carbocycles. The molecule has 0 aliphatic carbocycles. The maximum Gasteiger partial charge on any atom is 0.260 e. The van der Waals surface area contributed by atoms with E-state index in [1.54, 1.807) is 19.1 Å². The number of hydrogen-bond acceptors (Lipinski definition) is 5. The Balaban J connectivity index is 1.62. The average molecular weight is 393 g/mol. The van der Waals surface area contributed by atoms with Gasteiger partial charge in [0.15, 0.2) is 6.10 Å². The Kier molecular flexibility index (Phi) is 6.77. The number of aryl methyl sites for hydroxylation is 1. The number of morpholine rings is 1. The van der Waals surface area contributed by atoms with Crippen LogP contribution in [0.2, 0.25) is 5.02 Å². The molecule has 3 rings (SSSR count). The predicted molar refractivity (Wildman–Crippen MR) is 103 cm³/mol. The molecule has 1 aliphatic rings. The number of nitrogens with zero attached hydrogens (tertiary/aromatic N) is 1. The van der Waals surface area contributed by atoms with Crippen LogP contribution in [0.4, 0.5) is 0 Å². The van der Waals surface area contributed by atoms with Gasteiger partial charge in [0.2, 0.25) is 0 Å². The molecular formula is C20H25ClN2O4. The highest BCUT2D eigenvalue weighted by atomic mass is 35.5. The largest absolute Gasteiger partial charge is 0.479 e. The molecule has 27 heavy (non-hydrogen) atoms. The molecule has 1 aromatic carbocycles. The third-order valence-corrected chi connectivity index (χ3v) is 4.87. The molecule has 0 radical (unpaired) electrons. The summed E-state index contributed by atoms with van der Waals surface area (Å²) in [6.07, 6.45) is -0.659. The van der Waals surface area contributed by atoms with E-state index in [9.17, 15) is 4.79 Å². The van der Waals surface area contributed by atoms with Crippen LogP contribution in [0.25, 0.3) is 0 Å². The van der Waals surface area contributed by atoms with Gasteiger partial charge in [-0.15, -0.1) is 0 Å². The Morgan fingerprint density at radius 3 is 2.67 bits per heavy atom. The molecular weight excluding hydrogens is 368 g/mol. The molecule has 1 amide bonds. The standard InChI is InChI=1S/C20H25ClN2O4/c1-14-7-8-19(26-14)17(23-9-11-25-12-10-23)13-22-20(24)15(2)27-18-6-4-3-5-16(18)21/h3-8,15,17H,9-13H2,1-2H3,(H,22,24)/t15-,17-/m1/s1. The van der Waals surface area contributed by atoms with Gasteiger partial charge in [0.05, 0.1) is 24.3 Å². The van der Waals surface area contributed by atoms with Crippen molar-refractivity contribution in [2.45, 2.75) is 26.0 Å². The maximum absolute atomic E-state index is 12.5. The van der Waals surface area contributed by atoms with Gasteiger partial charge in [-0.3, -0.25) is 9.69 Å². The molecule has 2 heterocycles. The number of benzene rings is 1. The number of ether oxygens (including phenoxy) is 2. The SMILES string of the molecule is Cc1ccc([C@@H](CNC(=O)[C@@H](C)Oc2ccccc2Cl)N2CCOCC2)o1. The molecule has 0 bridgehead atoms. The summed E-state index contributed by atoms with van der Waals surface area (Å²) < 4.78 is 17.0. The molecule has 146 valence electrons. The van der Waals surface area contributed by atoms with Crippen LogP contribution in [-0.2, 0) is 9.53 Å². The summed E-state index contributed by atoms with van der Waals surface area (Å²) in [5, 5.41) is 3.46. The number of carbonyl (C=O) groups excluding carboxylic acids is 1. The fourth-order valence-corrected chi connectivity index (χ4v) is 3.24. The topological polar surface area (TPSA) is 63.9 Å². The van der Waals surface area contributed by atoms with E-state index in [2.05, 4.69) is 10.2 Å². The first-order valence-corrected chi connectivity index (χ1v) is 9.49. The van der Waals surface area contributed by atoms with Crippen LogP contribution in [0, 0.1) is 6.92 Å². The Morgan fingerprint density at radius 2 is 2.00 bits per heavy atom. The summed E-state index contributed by atoms with van der Waals surface area (Å²) in [5.74, 6) is 1.99. The second-order valence-electron chi connectivity index (χ2n) is 6.55. The van der Waals surface area contributed by atoms with E-state index in [-0.39, 0.29) is 11.9 Å². The van der Waals surface area contributed by atoms with Gasteiger partial charge in [0.1, 0.15) is 17.3 Å². The van der Waals surface area contributed by atoms with E-state index in [0.717, 1.165) is 24.6 Å². The third-order valence-electron chi connectivity index (χ3n) is 4.56. The lowest BCUT2D eigenvalue weighted by atomic mass is 10.1. The van der Waals surface area contributed by atoms with Crippen molar-refractivity contribution in [3.63, 3.8) is 0 Å². The van der Waals surface area contributed by atoms with Gasteiger partial charge in [-0.2, -0.15) is 0 Å². The number of furan rings is 1. The van der Waals surface area contributed by atoms with E-state index in [1.165, 1.54) is 0 Å². The minimum Gasteiger partial charge on any atom is -0.479 e. The van der Waals surface area contributed by atoms with Gasteiger partial charge in [-0.1, -0.05) is 23.7 Å². The quantitative estimate of drug-likeness (QED) is 0.783. The van der Waals surface area contributed by atoms with Crippen molar-refractivity contribution >= 4 is 17.5 Å². The smallest absolute Gasteiger partial charge is 0.260 e. The van der Waals surface area contributed by atoms with Crippen molar-refractivity contribution < 1.29 is 18.7 Å². The molecule has 2 aromatic rings. The molecule has 1 aromatic heterocycles. The van der Waals surface area contributed by atoms with Gasteiger partial charge in [0, 0.05) is 19.6 Å². The number of hydrogen-bond donors (Lipinski definition) is 1. The van der Waals surface area contributed by atoms with Gasteiger partial charge < -0.3 is 19.2 Å². The molecule has 1 fully saturated rings. The number of carbonyl (C=O) groups is 1. The Bertz CT molecular complexity index is 758. The Hall–Kier alpha value is -2.02. The van der Waals surface area contributed by atoms with Crippen LogP contribution >= 0.6 is 11.6 Å². The zero-order valence-corrected chi connectivity index (χ0v) is 16.4. The van der Waals surface area contributed by atoms with Crippen LogP contribution in [0.5, 0.6) is 5.75 Å². The van der Waals surface area contributed by atoms with E-state index >= 15 is 0 Å². The molecule has 7 heteroatoms. The lowest BCUT2D eigenvalue weighted by molar-refractivity contribution is -0.127. The van der Waals surface area contributed by atoms with Crippen molar-refractivity contribution in [2.75, 3.05) is 32.8 Å². The molecule has 0 spiro atoms. The molecule has 6 nitrogen and oxygen atoms in total. The van der Waals surface area contributed by atoms with Crippen molar-refractivity contribution in [3.05, 3.63) is 52.9 Å². The van der Waals surface area contributed by atoms with Crippen molar-refractivity contribution in [2.24, 2.45) is 0 Å².